The molecule has 2 aliphatic rings. The normalized spacial score (nSPS) is 26.0. The van der Waals surface area contributed by atoms with Gasteiger partial charge in [0.15, 0.2) is 0 Å². The standard InChI is InChI=1S/C13H24N2O2/c14-12(5-4-6-12)9-11(17)15-13(10-16)7-2-1-3-8-13/h16H,1-10,14H2,(H,15,17). The highest BCUT2D eigenvalue weighted by atomic mass is 16.3. The molecule has 2 saturated carbocycles. The zero-order valence-corrected chi connectivity index (χ0v) is 10.5. The SMILES string of the molecule is NC1(CC(=O)NC2(CO)CCCCC2)CCC1. The van der Waals surface area contributed by atoms with Crippen molar-refractivity contribution < 1.29 is 9.90 Å². The van der Waals surface area contributed by atoms with Crippen molar-refractivity contribution in [2.75, 3.05) is 6.61 Å². The van der Waals surface area contributed by atoms with E-state index in [9.17, 15) is 9.90 Å². The molecule has 0 saturated heterocycles. The monoisotopic (exact) mass is 240 g/mol. The predicted octanol–water partition coefficient (Wildman–Crippen LogP) is 1.07. The van der Waals surface area contributed by atoms with E-state index in [2.05, 4.69) is 5.32 Å². The second-order valence-corrected chi connectivity index (χ2v) is 5.94. The number of rotatable bonds is 4. The van der Waals surface area contributed by atoms with E-state index in [-0.39, 0.29) is 23.6 Å². The first kappa shape index (κ1) is 12.8. The molecule has 17 heavy (non-hydrogen) atoms. The molecule has 98 valence electrons. The predicted molar refractivity (Wildman–Crippen MR) is 66.4 cm³/mol. The number of amides is 1. The van der Waals surface area contributed by atoms with Crippen molar-refractivity contribution in [3.63, 3.8) is 0 Å². The first-order valence-electron chi connectivity index (χ1n) is 6.78. The molecule has 0 radical (unpaired) electrons. The van der Waals surface area contributed by atoms with E-state index in [0.29, 0.717) is 6.42 Å². The summed E-state index contributed by atoms with van der Waals surface area (Å²) in [5.74, 6) is 0.0168. The minimum absolute atomic E-state index is 0.0168. The van der Waals surface area contributed by atoms with Gasteiger partial charge in [-0.05, 0) is 32.1 Å². The van der Waals surface area contributed by atoms with Gasteiger partial charge in [-0.3, -0.25) is 4.79 Å². The zero-order valence-electron chi connectivity index (χ0n) is 10.5. The molecule has 0 unspecified atom stereocenters. The maximum Gasteiger partial charge on any atom is 0.222 e. The van der Waals surface area contributed by atoms with Gasteiger partial charge in [0.2, 0.25) is 5.91 Å². The smallest absolute Gasteiger partial charge is 0.222 e. The Bertz CT molecular complexity index is 281. The Balaban J connectivity index is 1.87. The zero-order chi connectivity index (χ0) is 12.4. The molecule has 0 bridgehead atoms. The van der Waals surface area contributed by atoms with Crippen LogP contribution in [0.15, 0.2) is 0 Å². The first-order valence-corrected chi connectivity index (χ1v) is 6.78. The van der Waals surface area contributed by atoms with Crippen LogP contribution >= 0.6 is 0 Å². The molecule has 0 aromatic carbocycles. The van der Waals surface area contributed by atoms with Crippen LogP contribution in [-0.2, 0) is 4.79 Å². The van der Waals surface area contributed by atoms with Crippen molar-refractivity contribution >= 4 is 5.91 Å². The number of nitrogens with one attached hydrogen (secondary N) is 1. The second kappa shape index (κ2) is 4.94. The van der Waals surface area contributed by atoms with Crippen molar-refractivity contribution in [1.29, 1.82) is 0 Å². The minimum atomic E-state index is -0.366. The second-order valence-electron chi connectivity index (χ2n) is 5.94. The summed E-state index contributed by atoms with van der Waals surface area (Å²) in [6, 6.07) is 0. The number of aliphatic hydroxyl groups is 1. The fraction of sp³-hybridized carbons (Fsp3) is 0.923. The van der Waals surface area contributed by atoms with E-state index in [1.54, 1.807) is 0 Å². The third-order valence-corrected chi connectivity index (χ3v) is 4.38. The maximum atomic E-state index is 12.0. The summed E-state index contributed by atoms with van der Waals surface area (Å²) in [6.45, 7) is 0.0519. The third kappa shape index (κ3) is 2.99. The summed E-state index contributed by atoms with van der Waals surface area (Å²) in [7, 11) is 0. The number of nitrogens with two attached hydrogens (primary N) is 1. The highest BCUT2D eigenvalue weighted by molar-refractivity contribution is 5.78. The van der Waals surface area contributed by atoms with Crippen LogP contribution in [0.5, 0.6) is 0 Å². The van der Waals surface area contributed by atoms with Gasteiger partial charge >= 0.3 is 0 Å². The van der Waals surface area contributed by atoms with E-state index < -0.39 is 0 Å². The molecule has 0 atom stereocenters. The van der Waals surface area contributed by atoms with Crippen LogP contribution < -0.4 is 11.1 Å². The molecule has 0 heterocycles. The molecule has 2 fully saturated rings. The first-order chi connectivity index (χ1) is 8.08. The molecule has 0 aliphatic heterocycles. The summed E-state index contributed by atoms with van der Waals surface area (Å²) >= 11 is 0. The molecule has 0 aromatic heterocycles. The van der Waals surface area contributed by atoms with Crippen molar-refractivity contribution in [3.8, 4) is 0 Å². The molecule has 0 aromatic rings. The fourth-order valence-electron chi connectivity index (χ4n) is 3.02. The molecule has 2 aliphatic carbocycles. The van der Waals surface area contributed by atoms with Crippen LogP contribution in [0.4, 0.5) is 0 Å². The molecule has 4 heteroatoms. The molecule has 4 N–H and O–H groups in total. The Morgan fingerprint density at radius 3 is 2.24 bits per heavy atom. The van der Waals surface area contributed by atoms with Crippen LogP contribution in [0.2, 0.25) is 0 Å². The molecule has 2 rings (SSSR count). The quantitative estimate of drug-likeness (QED) is 0.688. The van der Waals surface area contributed by atoms with Crippen LogP contribution in [-0.4, -0.2) is 28.7 Å². The number of carbonyl (C=O) groups excluding carboxylic acids is 1. The van der Waals surface area contributed by atoms with Crippen LogP contribution in [0.25, 0.3) is 0 Å². The van der Waals surface area contributed by atoms with Crippen LogP contribution in [0.1, 0.15) is 57.8 Å². The Morgan fingerprint density at radius 2 is 1.76 bits per heavy atom. The van der Waals surface area contributed by atoms with Gasteiger partial charge in [-0.2, -0.15) is 0 Å². The van der Waals surface area contributed by atoms with Crippen molar-refractivity contribution in [1.82, 2.24) is 5.32 Å². The summed E-state index contributed by atoms with van der Waals surface area (Å²) in [6.07, 6.45) is 8.63. The van der Waals surface area contributed by atoms with E-state index in [4.69, 9.17) is 5.73 Å². The van der Waals surface area contributed by atoms with Crippen molar-refractivity contribution in [2.24, 2.45) is 5.73 Å². The van der Waals surface area contributed by atoms with Crippen LogP contribution in [0, 0.1) is 0 Å². The van der Waals surface area contributed by atoms with Crippen molar-refractivity contribution in [2.45, 2.75) is 68.9 Å². The minimum Gasteiger partial charge on any atom is -0.394 e. The molecule has 0 spiro atoms. The lowest BCUT2D eigenvalue weighted by Crippen LogP contribution is -2.56. The lowest BCUT2D eigenvalue weighted by Gasteiger charge is -2.40. The Hall–Kier alpha value is -0.610. The van der Waals surface area contributed by atoms with Gasteiger partial charge in [0.05, 0.1) is 12.1 Å². The van der Waals surface area contributed by atoms with Crippen molar-refractivity contribution in [3.05, 3.63) is 0 Å². The number of aliphatic hydroxyl groups excluding tert-OH is 1. The van der Waals surface area contributed by atoms with Gasteiger partial charge in [0.1, 0.15) is 0 Å². The van der Waals surface area contributed by atoms with E-state index in [1.165, 1.54) is 6.42 Å². The van der Waals surface area contributed by atoms with Gasteiger partial charge in [-0.15, -0.1) is 0 Å². The average molecular weight is 240 g/mol. The van der Waals surface area contributed by atoms with Crippen LogP contribution in [0.3, 0.4) is 0 Å². The number of hydrogen-bond donors (Lipinski definition) is 3. The topological polar surface area (TPSA) is 75.4 Å². The molecule has 1 amide bonds. The van der Waals surface area contributed by atoms with Gasteiger partial charge < -0.3 is 16.2 Å². The van der Waals surface area contributed by atoms with E-state index >= 15 is 0 Å². The summed E-state index contributed by atoms with van der Waals surface area (Å²) < 4.78 is 0. The number of hydrogen-bond acceptors (Lipinski definition) is 3. The molecule has 4 nitrogen and oxygen atoms in total. The highest BCUT2D eigenvalue weighted by Gasteiger charge is 2.38. The van der Waals surface area contributed by atoms with Gasteiger partial charge in [-0.1, -0.05) is 19.3 Å². The Kier molecular flexibility index (Phi) is 3.73. The highest BCUT2D eigenvalue weighted by Crippen LogP contribution is 2.33. The summed E-state index contributed by atoms with van der Waals surface area (Å²) in [5, 5.41) is 12.6. The molecular weight excluding hydrogens is 216 g/mol. The van der Waals surface area contributed by atoms with Gasteiger partial charge in [-0.25, -0.2) is 0 Å². The summed E-state index contributed by atoms with van der Waals surface area (Å²) in [5.41, 5.74) is 5.44. The number of carbonyl (C=O) groups is 1. The lowest BCUT2D eigenvalue weighted by atomic mass is 9.74. The Morgan fingerprint density at radius 1 is 1.12 bits per heavy atom. The van der Waals surface area contributed by atoms with Gasteiger partial charge in [0, 0.05) is 12.0 Å². The average Bonchev–Trinajstić information content (AvgIpc) is 2.28. The van der Waals surface area contributed by atoms with E-state index in [1.807, 2.05) is 0 Å². The van der Waals surface area contributed by atoms with Gasteiger partial charge in [0.25, 0.3) is 0 Å². The Labute approximate surface area is 103 Å². The lowest BCUT2D eigenvalue weighted by molar-refractivity contribution is -0.126. The van der Waals surface area contributed by atoms with E-state index in [0.717, 1.165) is 44.9 Å². The summed E-state index contributed by atoms with van der Waals surface area (Å²) in [4.78, 5) is 12.0. The largest absolute Gasteiger partial charge is 0.394 e. The molecular formula is C13H24N2O2. The maximum absolute atomic E-state index is 12.0. The fourth-order valence-corrected chi connectivity index (χ4v) is 3.02. The third-order valence-electron chi connectivity index (χ3n) is 4.38.